The van der Waals surface area contributed by atoms with Crippen LogP contribution in [0.25, 0.3) is 0 Å². The molecule has 0 radical (unpaired) electrons. The molecule has 3 heteroatoms. The number of aryl methyl sites for hydroxylation is 1. The normalized spacial score (nSPS) is 11.1. The summed E-state index contributed by atoms with van der Waals surface area (Å²) in [5, 5.41) is 0. The molecule has 1 aromatic rings. The molecule has 0 saturated heterocycles. The number of unbranched alkanes of at least 4 members (excludes halogenated alkanes) is 6. The molecule has 0 aliphatic carbocycles. The van der Waals surface area contributed by atoms with Gasteiger partial charge in [-0.3, -0.25) is 0 Å². The van der Waals surface area contributed by atoms with E-state index in [1.165, 1.54) is 49.9 Å². The van der Waals surface area contributed by atoms with Gasteiger partial charge in [0.2, 0.25) is 0 Å². The van der Waals surface area contributed by atoms with E-state index in [-0.39, 0.29) is 0 Å². The zero-order chi connectivity index (χ0) is 8.65. The minimum absolute atomic E-state index is 0.924. The van der Waals surface area contributed by atoms with Gasteiger partial charge in [0.1, 0.15) is 0 Å². The van der Waals surface area contributed by atoms with Crippen LogP contribution in [0, 0.1) is 0 Å². The molecule has 0 aliphatic rings. The number of aromatic nitrogens is 1. The van der Waals surface area contributed by atoms with Crippen LogP contribution in [0.4, 0.5) is 0 Å². The Kier molecular flexibility index (Phi) is 4.73. The van der Waals surface area contributed by atoms with Crippen molar-refractivity contribution >= 4 is 0 Å². The van der Waals surface area contributed by atoms with Crippen LogP contribution in [0.15, 0.2) is 9.36 Å². The summed E-state index contributed by atoms with van der Waals surface area (Å²) in [6.45, 7) is 3.17. The Morgan fingerprint density at radius 1 is 0.833 bits per heavy atom. The Labute approximate surface area is 73.6 Å². The van der Waals surface area contributed by atoms with E-state index in [0.29, 0.717) is 0 Å². The molecule has 0 N–H and O–H groups in total. The van der Waals surface area contributed by atoms with Gasteiger partial charge in [-0.1, -0.05) is 45.4 Å². The van der Waals surface area contributed by atoms with E-state index < -0.39 is 0 Å². The van der Waals surface area contributed by atoms with Crippen molar-refractivity contribution in [1.29, 1.82) is 0 Å². The molecule has 3 nitrogen and oxygen atoms in total. The lowest BCUT2D eigenvalue weighted by Crippen LogP contribution is -1.86. The van der Waals surface area contributed by atoms with Gasteiger partial charge in [0, 0.05) is 4.91 Å². The maximum Gasteiger partial charge on any atom is 0.0996 e. The number of hydrogen-bond donors (Lipinski definition) is 0. The highest BCUT2D eigenvalue weighted by molar-refractivity contribution is 4.43. The second-order valence-corrected chi connectivity index (χ2v) is 3.33. The predicted octanol–water partition coefficient (Wildman–Crippen LogP) is 3.42. The van der Waals surface area contributed by atoms with Gasteiger partial charge in [0.15, 0.2) is 0 Å². The van der Waals surface area contributed by atoms with Crippen molar-refractivity contribution < 1.29 is 9.36 Å². The molecular weight excluding hydrogens is 154 g/mol. The summed E-state index contributed by atoms with van der Waals surface area (Å²) >= 11 is 0. The highest BCUT2D eigenvalue weighted by Crippen LogP contribution is 2.08. The molecule has 1 heterocycles. The molecule has 1 rings (SSSR count). The molecule has 0 amide bonds. The molecular formula is C9H19NO2. The first-order chi connectivity index (χ1) is 5.93. The minimum Gasteiger partial charge on any atom is -0.133 e. The maximum absolute atomic E-state index is 4.49. The molecule has 0 fully saturated rings. The third kappa shape index (κ3) is 5.10. The molecule has 0 saturated carbocycles. The third-order valence-corrected chi connectivity index (χ3v) is 2.12. The molecule has 0 aromatic carbocycles. The topological polar surface area (TPSA) is 31.2 Å². The zero-order valence-corrected chi connectivity index (χ0v) is 7.92. The Morgan fingerprint density at radius 2 is 1.42 bits per heavy atom. The van der Waals surface area contributed by atoms with E-state index in [9.17, 15) is 0 Å². The standard InChI is InChI=1S/C9H19NO2/c1-2-3-4-5-6-7-8-9-10-11-12-10/h2-9H2,1H3. The van der Waals surface area contributed by atoms with E-state index >= 15 is 0 Å². The van der Waals surface area contributed by atoms with Crippen molar-refractivity contribution in [2.24, 2.45) is 0 Å². The van der Waals surface area contributed by atoms with Crippen LogP contribution in [0.2, 0.25) is 0 Å². The lowest BCUT2D eigenvalue weighted by atomic mass is 10.1. The van der Waals surface area contributed by atoms with E-state index in [0.717, 1.165) is 6.54 Å². The maximum atomic E-state index is 4.49. The SMILES string of the molecule is CCCCCCCCCn1oo1. The first-order valence-electron chi connectivity index (χ1n) is 5.06. The summed E-state index contributed by atoms with van der Waals surface area (Å²) in [5.41, 5.74) is 0. The van der Waals surface area contributed by atoms with E-state index in [1.54, 1.807) is 0 Å². The molecule has 72 valence electrons. The van der Waals surface area contributed by atoms with Crippen molar-refractivity contribution in [1.82, 2.24) is 4.91 Å². The summed E-state index contributed by atoms with van der Waals surface area (Å²) in [5.74, 6) is 0. The highest BCUT2D eigenvalue weighted by atomic mass is 17.3. The Hall–Kier alpha value is -0.600. The number of hydrogen-bond acceptors (Lipinski definition) is 2. The van der Waals surface area contributed by atoms with Crippen LogP contribution in [0.5, 0.6) is 0 Å². The van der Waals surface area contributed by atoms with Crippen LogP contribution in [-0.2, 0) is 6.54 Å². The van der Waals surface area contributed by atoms with Gasteiger partial charge in [0.25, 0.3) is 0 Å². The summed E-state index contributed by atoms with van der Waals surface area (Å²) in [4.78, 5) is 1.52. The van der Waals surface area contributed by atoms with E-state index in [4.69, 9.17) is 0 Å². The second-order valence-electron chi connectivity index (χ2n) is 3.33. The molecule has 12 heavy (non-hydrogen) atoms. The number of nitrogens with zero attached hydrogens (tertiary/aromatic N) is 1. The molecule has 0 atom stereocenters. The Morgan fingerprint density at radius 3 is 2.00 bits per heavy atom. The fourth-order valence-electron chi connectivity index (χ4n) is 1.30. The second kappa shape index (κ2) is 5.98. The van der Waals surface area contributed by atoms with Gasteiger partial charge in [0.05, 0.1) is 6.54 Å². The first kappa shape index (κ1) is 9.49. The fraction of sp³-hybridized carbons (Fsp3) is 1.00. The molecule has 0 unspecified atom stereocenters. The fourth-order valence-corrected chi connectivity index (χ4v) is 1.30. The monoisotopic (exact) mass is 173 g/mol. The smallest absolute Gasteiger partial charge is 0.0996 e. The van der Waals surface area contributed by atoms with Gasteiger partial charge in [-0.15, -0.1) is 9.36 Å². The van der Waals surface area contributed by atoms with Gasteiger partial charge < -0.3 is 0 Å². The van der Waals surface area contributed by atoms with Crippen LogP contribution < -0.4 is 0 Å². The van der Waals surface area contributed by atoms with Crippen LogP contribution >= 0.6 is 0 Å². The van der Waals surface area contributed by atoms with Crippen molar-refractivity contribution in [3.05, 3.63) is 0 Å². The molecule has 0 spiro atoms. The van der Waals surface area contributed by atoms with Crippen molar-refractivity contribution in [3.63, 3.8) is 0 Å². The van der Waals surface area contributed by atoms with Gasteiger partial charge in [-0.25, -0.2) is 0 Å². The minimum atomic E-state index is 0.924. The summed E-state index contributed by atoms with van der Waals surface area (Å²) in [6, 6.07) is 0. The van der Waals surface area contributed by atoms with Crippen LogP contribution in [0.3, 0.4) is 0 Å². The lowest BCUT2D eigenvalue weighted by Gasteiger charge is -1.97. The molecule has 0 bridgehead atoms. The predicted molar refractivity (Wildman–Crippen MR) is 47.0 cm³/mol. The van der Waals surface area contributed by atoms with E-state index in [1.807, 2.05) is 0 Å². The lowest BCUT2D eigenvalue weighted by molar-refractivity contribution is 0.264. The van der Waals surface area contributed by atoms with Gasteiger partial charge in [-0.2, -0.15) is 0 Å². The molecule has 1 aromatic heterocycles. The molecule has 0 aliphatic heterocycles. The van der Waals surface area contributed by atoms with E-state index in [2.05, 4.69) is 16.3 Å². The van der Waals surface area contributed by atoms with Crippen molar-refractivity contribution in [3.8, 4) is 0 Å². The van der Waals surface area contributed by atoms with Gasteiger partial charge >= 0.3 is 0 Å². The largest absolute Gasteiger partial charge is 0.133 e. The summed E-state index contributed by atoms with van der Waals surface area (Å²) in [7, 11) is 0. The Bertz CT molecular complexity index is 156. The average molecular weight is 173 g/mol. The zero-order valence-electron chi connectivity index (χ0n) is 7.92. The summed E-state index contributed by atoms with van der Waals surface area (Å²) in [6.07, 6.45) is 9.34. The average Bonchev–Trinajstić information content (AvgIpc) is 2.87. The summed E-state index contributed by atoms with van der Waals surface area (Å²) < 4.78 is 8.97. The van der Waals surface area contributed by atoms with Crippen molar-refractivity contribution in [2.75, 3.05) is 0 Å². The van der Waals surface area contributed by atoms with Crippen LogP contribution in [-0.4, -0.2) is 4.91 Å². The number of rotatable bonds is 8. The quantitative estimate of drug-likeness (QED) is 0.445. The van der Waals surface area contributed by atoms with Crippen molar-refractivity contribution in [2.45, 2.75) is 58.4 Å². The van der Waals surface area contributed by atoms with Crippen LogP contribution in [0.1, 0.15) is 51.9 Å². The Balaban J connectivity index is 1.68. The highest BCUT2D eigenvalue weighted by Gasteiger charge is 1.99. The van der Waals surface area contributed by atoms with Gasteiger partial charge in [-0.05, 0) is 6.42 Å². The third-order valence-electron chi connectivity index (χ3n) is 2.12. The first-order valence-corrected chi connectivity index (χ1v) is 5.06.